The van der Waals surface area contributed by atoms with Crippen molar-refractivity contribution in [2.75, 3.05) is 11.9 Å². The predicted molar refractivity (Wildman–Crippen MR) is 97.9 cm³/mol. The van der Waals surface area contributed by atoms with Crippen molar-refractivity contribution in [1.82, 2.24) is 4.31 Å². The highest BCUT2D eigenvalue weighted by Gasteiger charge is 2.31. The van der Waals surface area contributed by atoms with Gasteiger partial charge >= 0.3 is 0 Å². The summed E-state index contributed by atoms with van der Waals surface area (Å²) in [6, 6.07) is 5.47. The fourth-order valence-electron chi connectivity index (χ4n) is 3.18. The van der Waals surface area contributed by atoms with E-state index in [1.165, 1.54) is 4.31 Å². The van der Waals surface area contributed by atoms with Crippen LogP contribution in [-0.2, 0) is 10.0 Å². The van der Waals surface area contributed by atoms with Gasteiger partial charge in [-0.3, -0.25) is 4.79 Å². The lowest BCUT2D eigenvalue weighted by Gasteiger charge is -2.32. The van der Waals surface area contributed by atoms with Gasteiger partial charge < -0.3 is 5.32 Å². The number of nitrogens with one attached hydrogen (secondary N) is 1. The molecule has 1 atom stereocenters. The van der Waals surface area contributed by atoms with Crippen molar-refractivity contribution in [3.8, 4) is 0 Å². The summed E-state index contributed by atoms with van der Waals surface area (Å²) in [7, 11) is -3.89. The first-order valence-electron chi connectivity index (χ1n) is 8.78. The summed E-state index contributed by atoms with van der Waals surface area (Å²) in [4.78, 5) is 12.2. The quantitative estimate of drug-likeness (QED) is 0.828. The number of carbonyl (C=O) groups is 1. The molecule has 1 aliphatic heterocycles. The SMILES string of the molecule is CC1CCCCN1S(=O)(=O)c1ccc(F)c(C(=O)Nc2ccc(F)c(F)c2)c1. The lowest BCUT2D eigenvalue weighted by molar-refractivity contribution is 0.102. The second-order valence-electron chi connectivity index (χ2n) is 6.69. The van der Waals surface area contributed by atoms with Gasteiger partial charge in [0.05, 0.1) is 10.5 Å². The van der Waals surface area contributed by atoms with E-state index in [4.69, 9.17) is 0 Å². The number of piperidine rings is 1. The Hall–Kier alpha value is -2.39. The zero-order valence-corrected chi connectivity index (χ0v) is 15.9. The summed E-state index contributed by atoms with van der Waals surface area (Å²) in [6.45, 7) is 2.16. The van der Waals surface area contributed by atoms with Crippen molar-refractivity contribution >= 4 is 21.6 Å². The molecule has 0 saturated carbocycles. The summed E-state index contributed by atoms with van der Waals surface area (Å²) in [5, 5.41) is 2.24. The molecule has 3 rings (SSSR count). The van der Waals surface area contributed by atoms with Crippen LogP contribution in [0.4, 0.5) is 18.9 Å². The Kier molecular flexibility index (Phi) is 5.76. The molecule has 1 unspecified atom stereocenters. The number of hydrogen-bond donors (Lipinski definition) is 1. The van der Waals surface area contributed by atoms with Crippen molar-refractivity contribution in [2.45, 2.75) is 37.1 Å². The highest BCUT2D eigenvalue weighted by Crippen LogP contribution is 2.26. The average molecular weight is 412 g/mol. The Bertz CT molecular complexity index is 1010. The van der Waals surface area contributed by atoms with Crippen LogP contribution in [0.2, 0.25) is 0 Å². The number of halogens is 3. The largest absolute Gasteiger partial charge is 0.322 e. The minimum atomic E-state index is -3.89. The minimum Gasteiger partial charge on any atom is -0.322 e. The van der Waals surface area contributed by atoms with Crippen molar-refractivity contribution in [2.24, 2.45) is 0 Å². The van der Waals surface area contributed by atoms with Crippen molar-refractivity contribution in [3.05, 3.63) is 59.4 Å². The molecule has 2 aromatic carbocycles. The van der Waals surface area contributed by atoms with Crippen LogP contribution in [0.25, 0.3) is 0 Å². The number of anilines is 1. The van der Waals surface area contributed by atoms with Crippen LogP contribution in [-0.4, -0.2) is 31.2 Å². The van der Waals surface area contributed by atoms with Gasteiger partial charge in [0, 0.05) is 24.3 Å². The lowest BCUT2D eigenvalue weighted by atomic mass is 10.1. The lowest BCUT2D eigenvalue weighted by Crippen LogP contribution is -2.42. The van der Waals surface area contributed by atoms with E-state index in [0.29, 0.717) is 6.54 Å². The van der Waals surface area contributed by atoms with Crippen molar-refractivity contribution in [1.29, 1.82) is 0 Å². The van der Waals surface area contributed by atoms with E-state index >= 15 is 0 Å². The Morgan fingerprint density at radius 1 is 1.04 bits per heavy atom. The maximum atomic E-state index is 14.2. The van der Waals surface area contributed by atoms with Crippen LogP contribution in [0, 0.1) is 17.5 Å². The number of sulfonamides is 1. The molecule has 5 nitrogen and oxygen atoms in total. The van der Waals surface area contributed by atoms with Gasteiger partial charge in [0.15, 0.2) is 11.6 Å². The fraction of sp³-hybridized carbons (Fsp3) is 0.316. The molecule has 28 heavy (non-hydrogen) atoms. The first-order valence-corrected chi connectivity index (χ1v) is 10.2. The van der Waals surface area contributed by atoms with Gasteiger partial charge in [0.2, 0.25) is 10.0 Å². The molecule has 0 aromatic heterocycles. The normalized spacial score (nSPS) is 18.1. The number of benzene rings is 2. The molecule has 9 heteroatoms. The van der Waals surface area contributed by atoms with E-state index in [0.717, 1.165) is 55.7 Å². The van der Waals surface area contributed by atoms with Gasteiger partial charge in [0.1, 0.15) is 5.82 Å². The Balaban J connectivity index is 1.90. The molecule has 0 aliphatic carbocycles. The van der Waals surface area contributed by atoms with E-state index in [1.54, 1.807) is 6.92 Å². The van der Waals surface area contributed by atoms with Crippen molar-refractivity contribution < 1.29 is 26.4 Å². The molecule has 2 aromatic rings. The molecule has 1 amide bonds. The highest BCUT2D eigenvalue weighted by molar-refractivity contribution is 7.89. The predicted octanol–water partition coefficient (Wildman–Crippen LogP) is 3.92. The molecule has 1 saturated heterocycles. The first-order chi connectivity index (χ1) is 13.2. The molecule has 1 heterocycles. The van der Waals surface area contributed by atoms with Crippen LogP contribution in [0.1, 0.15) is 36.5 Å². The van der Waals surface area contributed by atoms with Crippen LogP contribution < -0.4 is 5.32 Å². The second-order valence-corrected chi connectivity index (χ2v) is 8.58. The van der Waals surface area contributed by atoms with Gasteiger partial charge in [-0.1, -0.05) is 6.42 Å². The number of hydrogen-bond acceptors (Lipinski definition) is 3. The molecule has 0 bridgehead atoms. The van der Waals surface area contributed by atoms with Crippen LogP contribution >= 0.6 is 0 Å². The van der Waals surface area contributed by atoms with Gasteiger partial charge in [-0.2, -0.15) is 4.31 Å². The molecule has 0 radical (unpaired) electrons. The molecule has 1 aliphatic rings. The summed E-state index contributed by atoms with van der Waals surface area (Å²) in [6.07, 6.45) is 2.39. The summed E-state index contributed by atoms with van der Waals surface area (Å²) < 4.78 is 67.6. The maximum absolute atomic E-state index is 14.2. The molecule has 0 spiro atoms. The molecule has 1 fully saturated rings. The van der Waals surface area contributed by atoms with Gasteiger partial charge in [-0.25, -0.2) is 21.6 Å². The highest BCUT2D eigenvalue weighted by atomic mass is 32.2. The van der Waals surface area contributed by atoms with Gasteiger partial charge in [-0.15, -0.1) is 0 Å². The van der Waals surface area contributed by atoms with E-state index in [-0.39, 0.29) is 16.6 Å². The van der Waals surface area contributed by atoms with Gasteiger partial charge in [0.25, 0.3) is 5.91 Å². The van der Waals surface area contributed by atoms with E-state index in [1.807, 2.05) is 0 Å². The molecular formula is C19H19F3N2O3S. The standard InChI is InChI=1S/C19H19F3N2O3S/c1-12-4-2-3-9-24(12)28(26,27)14-6-8-16(20)15(11-14)19(25)23-13-5-7-17(21)18(22)10-13/h5-8,10-12H,2-4,9H2,1H3,(H,23,25). The molecule has 1 N–H and O–H groups in total. The smallest absolute Gasteiger partial charge is 0.258 e. The third kappa shape index (κ3) is 4.05. The summed E-state index contributed by atoms with van der Waals surface area (Å²) >= 11 is 0. The topological polar surface area (TPSA) is 66.5 Å². The van der Waals surface area contributed by atoms with Crippen molar-refractivity contribution in [3.63, 3.8) is 0 Å². The number of carbonyl (C=O) groups excluding carboxylic acids is 1. The minimum absolute atomic E-state index is 0.0822. The fourth-order valence-corrected chi connectivity index (χ4v) is 4.90. The Labute approximate surface area is 161 Å². The number of nitrogens with zero attached hydrogens (tertiary/aromatic N) is 1. The van der Waals surface area contributed by atoms with Crippen LogP contribution in [0.3, 0.4) is 0 Å². The van der Waals surface area contributed by atoms with E-state index < -0.39 is 38.9 Å². The zero-order chi connectivity index (χ0) is 20.5. The van der Waals surface area contributed by atoms with E-state index in [2.05, 4.69) is 5.32 Å². The average Bonchev–Trinajstić information content (AvgIpc) is 2.65. The van der Waals surface area contributed by atoms with E-state index in [9.17, 15) is 26.4 Å². The zero-order valence-electron chi connectivity index (χ0n) is 15.1. The summed E-state index contributed by atoms with van der Waals surface area (Å²) in [5.74, 6) is -4.15. The summed E-state index contributed by atoms with van der Waals surface area (Å²) in [5.41, 5.74) is -0.586. The third-order valence-electron chi connectivity index (χ3n) is 4.71. The Morgan fingerprint density at radius 3 is 2.43 bits per heavy atom. The van der Waals surface area contributed by atoms with Crippen LogP contribution in [0.5, 0.6) is 0 Å². The second kappa shape index (κ2) is 7.92. The first kappa shape index (κ1) is 20.3. The molecule has 150 valence electrons. The number of rotatable bonds is 4. The number of amides is 1. The Morgan fingerprint density at radius 2 is 1.75 bits per heavy atom. The molecular weight excluding hydrogens is 393 g/mol. The maximum Gasteiger partial charge on any atom is 0.258 e. The van der Waals surface area contributed by atoms with Crippen LogP contribution in [0.15, 0.2) is 41.3 Å². The monoisotopic (exact) mass is 412 g/mol. The van der Waals surface area contributed by atoms with Gasteiger partial charge in [-0.05, 0) is 50.1 Å². The third-order valence-corrected chi connectivity index (χ3v) is 6.72.